The number of aryl methyl sites for hydroxylation is 2. The van der Waals surface area contributed by atoms with Crippen LogP contribution in [0.3, 0.4) is 0 Å². The van der Waals surface area contributed by atoms with Crippen molar-refractivity contribution in [2.75, 3.05) is 13.7 Å². The Kier molecular flexibility index (Phi) is 8.74. The first-order valence-electron chi connectivity index (χ1n) is 12.6. The highest BCUT2D eigenvalue weighted by Crippen LogP contribution is 2.39. The van der Waals surface area contributed by atoms with E-state index in [0.717, 1.165) is 58.4 Å². The lowest BCUT2D eigenvalue weighted by atomic mass is 9.89. The molecule has 0 saturated heterocycles. The molecule has 0 aliphatic rings. The van der Waals surface area contributed by atoms with E-state index in [0.29, 0.717) is 29.5 Å². The summed E-state index contributed by atoms with van der Waals surface area (Å²) >= 11 is 12.2. The summed E-state index contributed by atoms with van der Waals surface area (Å²) in [6.45, 7) is 7.97. The maximum Gasteiger partial charge on any atom is 0.148 e. The minimum absolute atomic E-state index is 0.0199. The van der Waals surface area contributed by atoms with Crippen molar-refractivity contribution >= 4 is 34.1 Å². The number of ether oxygens (including phenoxy) is 2. The highest BCUT2D eigenvalue weighted by atomic mass is 35.5. The molecule has 0 bridgehead atoms. The van der Waals surface area contributed by atoms with Crippen LogP contribution in [0.4, 0.5) is 8.78 Å². The molecule has 0 aliphatic heterocycles. The van der Waals surface area contributed by atoms with Crippen molar-refractivity contribution in [3.8, 4) is 22.8 Å². The van der Waals surface area contributed by atoms with Crippen LogP contribution in [0.1, 0.15) is 55.1 Å². The molecule has 0 amide bonds. The zero-order chi connectivity index (χ0) is 27.6. The van der Waals surface area contributed by atoms with Crippen LogP contribution in [0.25, 0.3) is 22.2 Å². The summed E-state index contributed by atoms with van der Waals surface area (Å²) in [4.78, 5) is 9.41. The molecule has 0 aliphatic carbocycles. The van der Waals surface area contributed by atoms with E-state index in [-0.39, 0.29) is 22.2 Å². The summed E-state index contributed by atoms with van der Waals surface area (Å²) in [5.74, 6) is -0.580. The predicted octanol–water partition coefficient (Wildman–Crippen LogP) is 9.03. The fourth-order valence-electron chi connectivity index (χ4n) is 4.80. The Bertz CT molecular complexity index is 1470. The molecule has 200 valence electrons. The summed E-state index contributed by atoms with van der Waals surface area (Å²) in [5, 5.41) is 1.45. The van der Waals surface area contributed by atoms with E-state index in [1.807, 2.05) is 39.0 Å². The van der Waals surface area contributed by atoms with Gasteiger partial charge in [-0.2, -0.15) is 0 Å². The number of hydrogen-bond donors (Lipinski definition) is 0. The minimum Gasteiger partial charge on any atom is -0.494 e. The Morgan fingerprint density at radius 2 is 1.66 bits per heavy atom. The number of rotatable bonds is 9. The molecule has 0 radical (unpaired) electrons. The molecule has 2 heterocycles. The SMILES string of the molecule is CCCC(Cc1cc(OC)c2nc(C)c(Cl)cc2c1)c1cc(C)c(OCC)c(-c2c(F)cc(Cl)cc2F)n1. The topological polar surface area (TPSA) is 44.2 Å². The van der Waals surface area contributed by atoms with Gasteiger partial charge in [-0.15, -0.1) is 0 Å². The maximum atomic E-state index is 15.0. The van der Waals surface area contributed by atoms with Gasteiger partial charge in [0.2, 0.25) is 0 Å². The molecule has 4 aromatic rings. The lowest BCUT2D eigenvalue weighted by Crippen LogP contribution is -2.10. The van der Waals surface area contributed by atoms with Gasteiger partial charge in [0.05, 0.1) is 30.0 Å². The summed E-state index contributed by atoms with van der Waals surface area (Å²) in [5.41, 5.74) is 3.88. The third kappa shape index (κ3) is 5.71. The molecule has 4 nitrogen and oxygen atoms in total. The standard InChI is InChI=1S/C30H30Cl2F2N2O2/c1-6-8-19(10-18-11-20-13-22(32)17(4)35-28(20)26(12-18)37-5)25-9-16(3)30(38-7-2)29(36-25)27-23(33)14-21(31)15-24(27)34/h9,11-15,19H,6-8,10H2,1-5H3. The van der Waals surface area contributed by atoms with Crippen molar-refractivity contribution in [2.45, 2.75) is 52.9 Å². The first kappa shape index (κ1) is 28.1. The molecule has 0 spiro atoms. The Morgan fingerprint density at radius 3 is 2.29 bits per heavy atom. The van der Waals surface area contributed by atoms with E-state index in [1.54, 1.807) is 7.11 Å². The van der Waals surface area contributed by atoms with Gasteiger partial charge in [0, 0.05) is 22.0 Å². The third-order valence-electron chi connectivity index (χ3n) is 6.54. The molecule has 0 fully saturated rings. The van der Waals surface area contributed by atoms with Crippen molar-refractivity contribution in [1.29, 1.82) is 0 Å². The first-order valence-corrected chi connectivity index (χ1v) is 13.3. The Balaban J connectivity index is 1.84. The molecule has 8 heteroatoms. The first-order chi connectivity index (χ1) is 18.2. The van der Waals surface area contributed by atoms with Gasteiger partial charge in [-0.3, -0.25) is 0 Å². The third-order valence-corrected chi connectivity index (χ3v) is 7.14. The van der Waals surface area contributed by atoms with Gasteiger partial charge in [0.1, 0.15) is 34.3 Å². The maximum absolute atomic E-state index is 15.0. The summed E-state index contributed by atoms with van der Waals surface area (Å²) < 4.78 is 41.5. The monoisotopic (exact) mass is 558 g/mol. The number of nitrogens with zero attached hydrogens (tertiary/aromatic N) is 2. The van der Waals surface area contributed by atoms with Crippen molar-refractivity contribution in [1.82, 2.24) is 9.97 Å². The van der Waals surface area contributed by atoms with Gasteiger partial charge in [-0.1, -0.05) is 36.5 Å². The van der Waals surface area contributed by atoms with Gasteiger partial charge >= 0.3 is 0 Å². The fraction of sp³-hybridized carbons (Fsp3) is 0.333. The van der Waals surface area contributed by atoms with Crippen molar-refractivity contribution in [3.05, 3.63) is 80.6 Å². The van der Waals surface area contributed by atoms with Crippen LogP contribution in [0, 0.1) is 25.5 Å². The molecule has 1 atom stereocenters. The van der Waals surface area contributed by atoms with Gasteiger partial charge in [0.15, 0.2) is 0 Å². The fourth-order valence-corrected chi connectivity index (χ4v) is 5.15. The quantitative estimate of drug-likeness (QED) is 0.205. The second-order valence-corrected chi connectivity index (χ2v) is 10.2. The van der Waals surface area contributed by atoms with Crippen LogP contribution >= 0.6 is 23.2 Å². The lowest BCUT2D eigenvalue weighted by molar-refractivity contribution is 0.337. The number of benzene rings is 2. The number of methoxy groups -OCH3 is 1. The normalized spacial score (nSPS) is 12.1. The molecule has 1 unspecified atom stereocenters. The minimum atomic E-state index is -0.786. The zero-order valence-electron chi connectivity index (χ0n) is 22.1. The number of fused-ring (bicyclic) bond motifs is 1. The number of aromatic nitrogens is 2. The zero-order valence-corrected chi connectivity index (χ0v) is 23.6. The lowest BCUT2D eigenvalue weighted by Gasteiger charge is -2.21. The predicted molar refractivity (Wildman–Crippen MR) is 150 cm³/mol. The molecule has 2 aromatic heterocycles. The van der Waals surface area contributed by atoms with Gasteiger partial charge in [0.25, 0.3) is 0 Å². The molecular formula is C30H30Cl2F2N2O2. The average Bonchev–Trinajstić information content (AvgIpc) is 2.85. The molecular weight excluding hydrogens is 529 g/mol. The second kappa shape index (κ2) is 11.8. The number of halogens is 4. The summed E-state index contributed by atoms with van der Waals surface area (Å²) in [7, 11) is 1.62. The van der Waals surface area contributed by atoms with Crippen molar-refractivity contribution in [3.63, 3.8) is 0 Å². The van der Waals surface area contributed by atoms with Gasteiger partial charge in [-0.05, 0) is 81.1 Å². The van der Waals surface area contributed by atoms with Gasteiger partial charge < -0.3 is 9.47 Å². The van der Waals surface area contributed by atoms with E-state index in [9.17, 15) is 0 Å². The van der Waals surface area contributed by atoms with Crippen LogP contribution < -0.4 is 9.47 Å². The van der Waals surface area contributed by atoms with Crippen LogP contribution in [-0.4, -0.2) is 23.7 Å². The molecule has 0 N–H and O–H groups in total. The second-order valence-electron chi connectivity index (χ2n) is 9.33. The Morgan fingerprint density at radius 1 is 0.947 bits per heavy atom. The number of pyridine rings is 2. The summed E-state index contributed by atoms with van der Waals surface area (Å²) in [6, 6.07) is 10.0. The smallest absolute Gasteiger partial charge is 0.148 e. The van der Waals surface area contributed by atoms with Crippen LogP contribution in [-0.2, 0) is 6.42 Å². The highest BCUT2D eigenvalue weighted by Gasteiger charge is 2.24. The Labute approximate surface area is 231 Å². The molecule has 4 rings (SSSR count). The Hall–Kier alpha value is -2.96. The molecule has 2 aromatic carbocycles. The average molecular weight is 559 g/mol. The van der Waals surface area contributed by atoms with E-state index < -0.39 is 11.6 Å². The number of hydrogen-bond acceptors (Lipinski definition) is 4. The van der Waals surface area contributed by atoms with Gasteiger partial charge in [-0.25, -0.2) is 18.7 Å². The van der Waals surface area contributed by atoms with E-state index in [4.69, 9.17) is 37.7 Å². The van der Waals surface area contributed by atoms with E-state index in [1.165, 1.54) is 0 Å². The highest BCUT2D eigenvalue weighted by molar-refractivity contribution is 6.32. The largest absolute Gasteiger partial charge is 0.494 e. The van der Waals surface area contributed by atoms with Crippen LogP contribution in [0.2, 0.25) is 10.0 Å². The molecule has 38 heavy (non-hydrogen) atoms. The van der Waals surface area contributed by atoms with E-state index >= 15 is 8.78 Å². The van der Waals surface area contributed by atoms with E-state index in [2.05, 4.69) is 18.0 Å². The summed E-state index contributed by atoms with van der Waals surface area (Å²) in [6.07, 6.45) is 2.35. The van der Waals surface area contributed by atoms with Crippen molar-refractivity contribution in [2.24, 2.45) is 0 Å². The molecule has 0 saturated carbocycles. The van der Waals surface area contributed by atoms with Crippen LogP contribution in [0.15, 0.2) is 36.4 Å². The van der Waals surface area contributed by atoms with Crippen molar-refractivity contribution < 1.29 is 18.3 Å². The van der Waals surface area contributed by atoms with Crippen LogP contribution in [0.5, 0.6) is 11.5 Å².